The van der Waals surface area contributed by atoms with Gasteiger partial charge in [-0.2, -0.15) is 16.7 Å². The number of ether oxygens (including phenoxy) is 1. The van der Waals surface area contributed by atoms with Crippen molar-refractivity contribution in [2.45, 2.75) is 45.3 Å². The molecule has 1 aromatic rings. The zero-order valence-corrected chi connectivity index (χ0v) is 12.7. The summed E-state index contributed by atoms with van der Waals surface area (Å²) in [5, 5.41) is 7.53. The van der Waals surface area contributed by atoms with Gasteiger partial charge >= 0.3 is 0 Å². The van der Waals surface area contributed by atoms with Gasteiger partial charge in [0.1, 0.15) is 6.10 Å². The van der Waals surface area contributed by atoms with Crippen molar-refractivity contribution in [3.8, 4) is 0 Å². The second-order valence-corrected chi connectivity index (χ2v) is 6.11. The third kappa shape index (κ3) is 3.94. The molecule has 5 nitrogen and oxygen atoms in total. The quantitative estimate of drug-likeness (QED) is 0.866. The van der Waals surface area contributed by atoms with E-state index in [-0.39, 0.29) is 12.0 Å². The van der Waals surface area contributed by atoms with Gasteiger partial charge in [0.2, 0.25) is 11.7 Å². The molecule has 1 saturated heterocycles. The zero-order chi connectivity index (χ0) is 13.7. The lowest BCUT2D eigenvalue weighted by atomic mass is 10.0. The average Bonchev–Trinajstić information content (AvgIpc) is 2.94. The summed E-state index contributed by atoms with van der Waals surface area (Å²) in [4.78, 5) is 4.51. The van der Waals surface area contributed by atoms with Crippen molar-refractivity contribution in [3.05, 3.63) is 11.7 Å². The summed E-state index contributed by atoms with van der Waals surface area (Å²) in [7, 11) is 0. The van der Waals surface area contributed by atoms with Crippen LogP contribution in [-0.2, 0) is 4.74 Å². The van der Waals surface area contributed by atoms with E-state index in [1.165, 1.54) is 0 Å². The van der Waals surface area contributed by atoms with Gasteiger partial charge in [-0.15, -0.1) is 0 Å². The molecule has 1 aliphatic rings. The van der Waals surface area contributed by atoms with Crippen molar-refractivity contribution in [1.29, 1.82) is 0 Å². The molecule has 1 N–H and O–H groups in total. The number of hydrogen-bond acceptors (Lipinski definition) is 6. The van der Waals surface area contributed by atoms with E-state index in [2.05, 4.69) is 36.2 Å². The van der Waals surface area contributed by atoms with Crippen LogP contribution in [0.5, 0.6) is 0 Å². The molecule has 6 heteroatoms. The van der Waals surface area contributed by atoms with Crippen LogP contribution in [0.25, 0.3) is 0 Å². The average molecular weight is 285 g/mol. The van der Waals surface area contributed by atoms with Crippen LogP contribution >= 0.6 is 11.8 Å². The van der Waals surface area contributed by atoms with Crippen LogP contribution < -0.4 is 5.32 Å². The normalized spacial score (nSPS) is 23.2. The summed E-state index contributed by atoms with van der Waals surface area (Å²) in [6, 6.07) is 0.329. The second kappa shape index (κ2) is 7.26. The molecule has 3 unspecified atom stereocenters. The summed E-state index contributed by atoms with van der Waals surface area (Å²) in [6.45, 7) is 8.20. The number of aromatic nitrogens is 2. The molecule has 0 bridgehead atoms. The topological polar surface area (TPSA) is 60.2 Å². The van der Waals surface area contributed by atoms with E-state index in [0.717, 1.165) is 31.1 Å². The Morgan fingerprint density at radius 2 is 2.32 bits per heavy atom. The predicted octanol–water partition coefficient (Wildman–Crippen LogP) is 2.37. The van der Waals surface area contributed by atoms with Crippen LogP contribution in [0.15, 0.2) is 4.52 Å². The van der Waals surface area contributed by atoms with E-state index in [9.17, 15) is 0 Å². The molecule has 2 rings (SSSR count). The molecule has 3 atom stereocenters. The van der Waals surface area contributed by atoms with Crippen LogP contribution in [0.3, 0.4) is 0 Å². The lowest BCUT2D eigenvalue weighted by molar-refractivity contribution is 0.0677. The van der Waals surface area contributed by atoms with Gasteiger partial charge in [-0.25, -0.2) is 0 Å². The molecule has 0 radical (unpaired) electrons. The first kappa shape index (κ1) is 14.8. The highest BCUT2D eigenvalue weighted by Crippen LogP contribution is 2.26. The third-order valence-corrected chi connectivity index (χ3v) is 4.41. The molecule has 0 spiro atoms. The van der Waals surface area contributed by atoms with E-state index < -0.39 is 0 Å². The second-order valence-electron chi connectivity index (χ2n) is 4.96. The van der Waals surface area contributed by atoms with E-state index in [1.54, 1.807) is 0 Å². The standard InChI is InChI=1S/C13H23N3O2S/c1-4-5-14-10(3)9(2)13-15-12(16-18-13)11-8-19-7-6-17-11/h9-11,14H,4-8H2,1-3H3. The summed E-state index contributed by atoms with van der Waals surface area (Å²) >= 11 is 1.87. The predicted molar refractivity (Wildman–Crippen MR) is 76.5 cm³/mol. The molecular formula is C13H23N3O2S. The largest absolute Gasteiger partial charge is 0.368 e. The highest BCUT2D eigenvalue weighted by atomic mass is 32.2. The Morgan fingerprint density at radius 3 is 3.00 bits per heavy atom. The fourth-order valence-corrected chi connectivity index (χ4v) is 2.80. The Balaban J connectivity index is 1.95. The molecule has 0 aliphatic carbocycles. The van der Waals surface area contributed by atoms with Gasteiger partial charge in [0, 0.05) is 17.5 Å². The maximum absolute atomic E-state index is 5.66. The number of nitrogens with one attached hydrogen (secondary N) is 1. The minimum absolute atomic E-state index is 0.0117. The van der Waals surface area contributed by atoms with Crippen molar-refractivity contribution < 1.29 is 9.26 Å². The Labute approximate surface area is 118 Å². The first-order chi connectivity index (χ1) is 9.22. The Morgan fingerprint density at radius 1 is 1.47 bits per heavy atom. The van der Waals surface area contributed by atoms with Crippen molar-refractivity contribution in [2.24, 2.45) is 0 Å². The monoisotopic (exact) mass is 285 g/mol. The van der Waals surface area contributed by atoms with Crippen molar-refractivity contribution in [2.75, 3.05) is 24.7 Å². The Bertz CT molecular complexity index is 380. The Kier molecular flexibility index (Phi) is 5.66. The van der Waals surface area contributed by atoms with E-state index in [4.69, 9.17) is 9.26 Å². The van der Waals surface area contributed by atoms with Crippen LogP contribution in [0.1, 0.15) is 50.9 Å². The van der Waals surface area contributed by atoms with Crippen LogP contribution in [0.4, 0.5) is 0 Å². The molecule has 19 heavy (non-hydrogen) atoms. The summed E-state index contributed by atoms with van der Waals surface area (Å²) in [5.41, 5.74) is 0. The van der Waals surface area contributed by atoms with Gasteiger partial charge in [-0.1, -0.05) is 19.0 Å². The van der Waals surface area contributed by atoms with E-state index in [1.807, 2.05) is 11.8 Å². The number of hydrogen-bond donors (Lipinski definition) is 1. The van der Waals surface area contributed by atoms with Gasteiger partial charge in [-0.3, -0.25) is 0 Å². The van der Waals surface area contributed by atoms with Crippen LogP contribution in [0.2, 0.25) is 0 Å². The SMILES string of the molecule is CCCNC(C)C(C)c1nc(C2CSCCO2)no1. The molecule has 0 amide bonds. The van der Waals surface area contributed by atoms with Gasteiger partial charge in [0.25, 0.3) is 0 Å². The minimum atomic E-state index is -0.0117. The fourth-order valence-electron chi connectivity index (χ4n) is 1.96. The third-order valence-electron chi connectivity index (χ3n) is 3.42. The van der Waals surface area contributed by atoms with Gasteiger partial charge < -0.3 is 14.6 Å². The molecule has 0 saturated carbocycles. The van der Waals surface area contributed by atoms with E-state index in [0.29, 0.717) is 17.8 Å². The first-order valence-corrected chi connectivity index (χ1v) is 8.14. The summed E-state index contributed by atoms with van der Waals surface area (Å²) in [5.74, 6) is 3.57. The van der Waals surface area contributed by atoms with E-state index >= 15 is 0 Å². The van der Waals surface area contributed by atoms with Gasteiger partial charge in [0.05, 0.1) is 12.5 Å². The summed E-state index contributed by atoms with van der Waals surface area (Å²) in [6.07, 6.45) is 1.11. The highest BCUT2D eigenvalue weighted by molar-refractivity contribution is 7.99. The molecule has 2 heterocycles. The lowest BCUT2D eigenvalue weighted by Crippen LogP contribution is -2.31. The molecule has 108 valence electrons. The van der Waals surface area contributed by atoms with Crippen molar-refractivity contribution >= 4 is 11.8 Å². The smallest absolute Gasteiger partial charge is 0.231 e. The zero-order valence-electron chi connectivity index (χ0n) is 11.9. The Hall–Kier alpha value is -0.590. The van der Waals surface area contributed by atoms with Crippen LogP contribution in [-0.4, -0.2) is 40.8 Å². The number of rotatable bonds is 6. The maximum atomic E-state index is 5.66. The molecule has 1 aliphatic heterocycles. The van der Waals surface area contributed by atoms with Gasteiger partial charge in [0.15, 0.2) is 0 Å². The molecule has 1 aromatic heterocycles. The van der Waals surface area contributed by atoms with Crippen LogP contribution in [0, 0.1) is 0 Å². The van der Waals surface area contributed by atoms with Crippen molar-refractivity contribution in [3.63, 3.8) is 0 Å². The highest BCUT2D eigenvalue weighted by Gasteiger charge is 2.25. The minimum Gasteiger partial charge on any atom is -0.368 e. The summed E-state index contributed by atoms with van der Waals surface area (Å²) < 4.78 is 11.1. The number of thioether (sulfide) groups is 1. The first-order valence-electron chi connectivity index (χ1n) is 6.98. The molecule has 0 aromatic carbocycles. The molecular weight excluding hydrogens is 262 g/mol. The number of nitrogens with zero attached hydrogens (tertiary/aromatic N) is 2. The molecule has 1 fully saturated rings. The van der Waals surface area contributed by atoms with Crippen molar-refractivity contribution in [1.82, 2.24) is 15.5 Å². The van der Waals surface area contributed by atoms with Gasteiger partial charge in [-0.05, 0) is 19.9 Å². The fraction of sp³-hybridized carbons (Fsp3) is 0.846. The lowest BCUT2D eigenvalue weighted by Gasteiger charge is -2.19. The maximum Gasteiger partial charge on any atom is 0.231 e.